The highest BCUT2D eigenvalue weighted by Gasteiger charge is 2.10. The van der Waals surface area contributed by atoms with E-state index < -0.39 is 6.10 Å². The standard InChI is InChI=1S/C15H31NO2/c17-13-15(18)12-16-14-10-8-6-4-2-1-3-5-7-9-11-14/h14-18H,1-13H2. The van der Waals surface area contributed by atoms with Gasteiger partial charge in [0.2, 0.25) is 0 Å². The Kier molecular flexibility index (Phi) is 9.54. The molecule has 1 rings (SSSR count). The summed E-state index contributed by atoms with van der Waals surface area (Å²) in [4.78, 5) is 0. The second-order valence-electron chi connectivity index (χ2n) is 5.70. The minimum absolute atomic E-state index is 0.139. The molecule has 0 aromatic heterocycles. The topological polar surface area (TPSA) is 52.5 Å². The number of hydrogen-bond acceptors (Lipinski definition) is 3. The summed E-state index contributed by atoms with van der Waals surface area (Å²) >= 11 is 0. The molecule has 0 aliphatic heterocycles. The van der Waals surface area contributed by atoms with Gasteiger partial charge < -0.3 is 15.5 Å². The highest BCUT2D eigenvalue weighted by atomic mass is 16.3. The zero-order chi connectivity index (χ0) is 13.1. The van der Waals surface area contributed by atoms with Crippen molar-refractivity contribution in [2.75, 3.05) is 13.2 Å². The Morgan fingerprint density at radius 3 is 1.72 bits per heavy atom. The van der Waals surface area contributed by atoms with Crippen LogP contribution in [0.2, 0.25) is 0 Å². The summed E-state index contributed by atoms with van der Waals surface area (Å²) in [6.45, 7) is 0.390. The van der Waals surface area contributed by atoms with Gasteiger partial charge in [0.25, 0.3) is 0 Å². The fourth-order valence-electron chi connectivity index (χ4n) is 2.73. The average Bonchev–Trinajstić information content (AvgIpc) is 2.37. The van der Waals surface area contributed by atoms with Crippen molar-refractivity contribution in [1.82, 2.24) is 5.32 Å². The normalized spacial score (nSPS) is 23.0. The molecule has 1 aliphatic rings. The van der Waals surface area contributed by atoms with E-state index in [1.807, 2.05) is 0 Å². The SMILES string of the molecule is OCC(O)CNC1CCCCCCCCCCC1. The Bertz CT molecular complexity index is 175. The maximum absolute atomic E-state index is 9.38. The molecule has 1 atom stereocenters. The molecule has 18 heavy (non-hydrogen) atoms. The van der Waals surface area contributed by atoms with Crippen LogP contribution in [0.1, 0.15) is 70.6 Å². The molecule has 0 spiro atoms. The van der Waals surface area contributed by atoms with E-state index in [0.29, 0.717) is 12.6 Å². The predicted molar refractivity (Wildman–Crippen MR) is 75.7 cm³/mol. The summed E-state index contributed by atoms with van der Waals surface area (Å²) < 4.78 is 0. The third kappa shape index (κ3) is 8.06. The largest absolute Gasteiger partial charge is 0.394 e. The lowest BCUT2D eigenvalue weighted by Crippen LogP contribution is -2.37. The van der Waals surface area contributed by atoms with Gasteiger partial charge in [0.1, 0.15) is 0 Å². The Balaban J connectivity index is 2.23. The maximum atomic E-state index is 9.38. The molecule has 3 nitrogen and oxygen atoms in total. The van der Waals surface area contributed by atoms with Crippen molar-refractivity contribution in [3.05, 3.63) is 0 Å². The highest BCUT2D eigenvalue weighted by Crippen LogP contribution is 2.16. The molecule has 1 unspecified atom stereocenters. The van der Waals surface area contributed by atoms with E-state index in [2.05, 4.69) is 5.32 Å². The Hall–Kier alpha value is -0.120. The van der Waals surface area contributed by atoms with Gasteiger partial charge in [0.15, 0.2) is 0 Å². The van der Waals surface area contributed by atoms with Gasteiger partial charge in [-0.15, -0.1) is 0 Å². The van der Waals surface area contributed by atoms with E-state index in [1.54, 1.807) is 0 Å². The van der Waals surface area contributed by atoms with Gasteiger partial charge in [-0.25, -0.2) is 0 Å². The molecule has 0 heterocycles. The van der Waals surface area contributed by atoms with E-state index in [-0.39, 0.29) is 6.61 Å². The highest BCUT2D eigenvalue weighted by molar-refractivity contribution is 4.70. The van der Waals surface area contributed by atoms with Crippen molar-refractivity contribution < 1.29 is 10.2 Å². The molecule has 108 valence electrons. The van der Waals surface area contributed by atoms with Crippen molar-refractivity contribution in [2.45, 2.75) is 82.8 Å². The van der Waals surface area contributed by atoms with Crippen LogP contribution in [-0.2, 0) is 0 Å². The maximum Gasteiger partial charge on any atom is 0.0895 e. The molecule has 1 saturated carbocycles. The van der Waals surface area contributed by atoms with E-state index in [1.165, 1.54) is 70.6 Å². The second kappa shape index (κ2) is 10.8. The predicted octanol–water partition coefficient (Wildman–Crippen LogP) is 2.60. The number of nitrogens with one attached hydrogen (secondary N) is 1. The van der Waals surface area contributed by atoms with Crippen molar-refractivity contribution in [2.24, 2.45) is 0 Å². The Labute approximate surface area is 112 Å². The van der Waals surface area contributed by atoms with Gasteiger partial charge in [-0.05, 0) is 12.8 Å². The molecular weight excluding hydrogens is 226 g/mol. The van der Waals surface area contributed by atoms with Crippen LogP contribution in [0, 0.1) is 0 Å². The van der Waals surface area contributed by atoms with Crippen molar-refractivity contribution >= 4 is 0 Å². The first-order chi connectivity index (χ1) is 8.83. The van der Waals surface area contributed by atoms with Gasteiger partial charge in [-0.2, -0.15) is 0 Å². The lowest BCUT2D eigenvalue weighted by molar-refractivity contribution is 0.0910. The zero-order valence-electron chi connectivity index (χ0n) is 11.7. The van der Waals surface area contributed by atoms with E-state index >= 15 is 0 Å². The third-order valence-electron chi connectivity index (χ3n) is 3.96. The number of aliphatic hydroxyl groups excluding tert-OH is 2. The minimum Gasteiger partial charge on any atom is -0.394 e. The monoisotopic (exact) mass is 257 g/mol. The van der Waals surface area contributed by atoms with Crippen LogP contribution in [0.3, 0.4) is 0 Å². The van der Waals surface area contributed by atoms with E-state index in [9.17, 15) is 5.11 Å². The lowest BCUT2D eigenvalue weighted by atomic mass is 9.98. The molecule has 0 radical (unpaired) electrons. The summed E-state index contributed by atoms with van der Waals surface area (Å²) in [6.07, 6.45) is 14.1. The smallest absolute Gasteiger partial charge is 0.0895 e. The molecule has 1 fully saturated rings. The number of aliphatic hydroxyl groups is 2. The van der Waals surface area contributed by atoms with Crippen LogP contribution in [0.4, 0.5) is 0 Å². The van der Waals surface area contributed by atoms with E-state index in [4.69, 9.17) is 5.11 Å². The molecule has 0 aromatic rings. The van der Waals surface area contributed by atoms with Gasteiger partial charge in [-0.3, -0.25) is 0 Å². The van der Waals surface area contributed by atoms with Crippen LogP contribution in [0.25, 0.3) is 0 Å². The summed E-state index contributed by atoms with van der Waals surface area (Å²) in [5, 5.41) is 21.6. The molecule has 0 amide bonds. The van der Waals surface area contributed by atoms with Gasteiger partial charge in [-0.1, -0.05) is 57.8 Å². The van der Waals surface area contributed by atoms with Crippen LogP contribution in [0.15, 0.2) is 0 Å². The summed E-state index contributed by atoms with van der Waals surface area (Å²) in [7, 11) is 0. The summed E-state index contributed by atoms with van der Waals surface area (Å²) in [6, 6.07) is 0.533. The molecule has 0 bridgehead atoms. The number of rotatable bonds is 4. The average molecular weight is 257 g/mol. The summed E-state index contributed by atoms with van der Waals surface area (Å²) in [5.41, 5.74) is 0. The third-order valence-corrected chi connectivity index (χ3v) is 3.96. The Morgan fingerprint density at radius 2 is 1.28 bits per heavy atom. The van der Waals surface area contributed by atoms with Crippen LogP contribution in [0.5, 0.6) is 0 Å². The number of hydrogen-bond donors (Lipinski definition) is 3. The van der Waals surface area contributed by atoms with E-state index in [0.717, 1.165) is 0 Å². The van der Waals surface area contributed by atoms with Crippen LogP contribution in [-0.4, -0.2) is 35.5 Å². The van der Waals surface area contributed by atoms with Crippen molar-refractivity contribution in [3.8, 4) is 0 Å². The second-order valence-corrected chi connectivity index (χ2v) is 5.70. The molecule has 0 aromatic carbocycles. The van der Waals surface area contributed by atoms with Gasteiger partial charge in [0.05, 0.1) is 12.7 Å². The fraction of sp³-hybridized carbons (Fsp3) is 1.00. The fourth-order valence-corrected chi connectivity index (χ4v) is 2.73. The van der Waals surface area contributed by atoms with Crippen molar-refractivity contribution in [3.63, 3.8) is 0 Å². The molecule has 3 N–H and O–H groups in total. The first-order valence-electron chi connectivity index (χ1n) is 7.85. The molecular formula is C15H31NO2. The van der Waals surface area contributed by atoms with Crippen LogP contribution >= 0.6 is 0 Å². The first-order valence-corrected chi connectivity index (χ1v) is 7.85. The zero-order valence-corrected chi connectivity index (χ0v) is 11.7. The van der Waals surface area contributed by atoms with Gasteiger partial charge >= 0.3 is 0 Å². The van der Waals surface area contributed by atoms with Crippen LogP contribution < -0.4 is 5.32 Å². The summed E-state index contributed by atoms with van der Waals surface area (Å²) in [5.74, 6) is 0. The van der Waals surface area contributed by atoms with Gasteiger partial charge in [0, 0.05) is 12.6 Å². The quantitative estimate of drug-likeness (QED) is 0.725. The minimum atomic E-state index is -0.605. The molecule has 3 heteroatoms. The van der Waals surface area contributed by atoms with Crippen molar-refractivity contribution in [1.29, 1.82) is 0 Å². The molecule has 0 saturated heterocycles. The lowest BCUT2D eigenvalue weighted by Gasteiger charge is -2.21. The molecule has 1 aliphatic carbocycles. The first kappa shape index (κ1) is 15.9. The Morgan fingerprint density at radius 1 is 0.833 bits per heavy atom.